The average molecular weight is 316 g/mol. The van der Waals surface area contributed by atoms with E-state index in [1.165, 1.54) is 0 Å². The average Bonchev–Trinajstić information content (AvgIpc) is 2.28. The molecule has 100 valence electrons. The number of hydrogen-bond donors (Lipinski definition) is 2. The Hall–Kier alpha value is -1.11. The SMILES string of the molecule is COc1ccc(Br)cc1CC(N)C(=O)NN(C)C. The van der Waals surface area contributed by atoms with Gasteiger partial charge in [-0.15, -0.1) is 0 Å². The lowest BCUT2D eigenvalue weighted by molar-refractivity contribution is -0.126. The number of ether oxygens (including phenoxy) is 1. The number of hydrazine groups is 1. The Labute approximate surface area is 115 Å². The highest BCUT2D eigenvalue weighted by molar-refractivity contribution is 9.10. The van der Waals surface area contributed by atoms with Gasteiger partial charge in [0.05, 0.1) is 13.2 Å². The molecule has 0 bridgehead atoms. The topological polar surface area (TPSA) is 67.6 Å². The van der Waals surface area contributed by atoms with Crippen LogP contribution in [0, 0.1) is 0 Å². The predicted octanol–water partition coefficient (Wildman–Crippen LogP) is 0.920. The number of hydrogen-bond acceptors (Lipinski definition) is 4. The van der Waals surface area contributed by atoms with Crippen molar-refractivity contribution in [2.45, 2.75) is 12.5 Å². The lowest BCUT2D eigenvalue weighted by atomic mass is 10.1. The van der Waals surface area contributed by atoms with E-state index in [2.05, 4.69) is 21.4 Å². The number of rotatable bonds is 5. The molecule has 0 radical (unpaired) electrons. The number of halogens is 1. The molecule has 0 saturated carbocycles. The largest absolute Gasteiger partial charge is 0.496 e. The maximum Gasteiger partial charge on any atom is 0.251 e. The van der Waals surface area contributed by atoms with Crippen molar-refractivity contribution in [3.05, 3.63) is 28.2 Å². The molecule has 1 unspecified atom stereocenters. The maximum absolute atomic E-state index is 11.7. The third-order valence-electron chi connectivity index (χ3n) is 2.35. The molecule has 1 rings (SSSR count). The number of nitrogens with zero attached hydrogens (tertiary/aromatic N) is 1. The Morgan fingerprint density at radius 2 is 2.22 bits per heavy atom. The van der Waals surface area contributed by atoms with Crippen LogP contribution in [-0.4, -0.2) is 38.2 Å². The highest BCUT2D eigenvalue weighted by Crippen LogP contribution is 2.23. The van der Waals surface area contributed by atoms with E-state index in [1.54, 1.807) is 26.2 Å². The molecule has 3 N–H and O–H groups in total. The number of methoxy groups -OCH3 is 1. The zero-order valence-corrected chi connectivity index (χ0v) is 12.3. The first kappa shape index (κ1) is 14.9. The molecule has 18 heavy (non-hydrogen) atoms. The van der Waals surface area contributed by atoms with Crippen molar-refractivity contribution in [1.29, 1.82) is 0 Å². The fourth-order valence-electron chi connectivity index (χ4n) is 1.54. The maximum atomic E-state index is 11.7. The summed E-state index contributed by atoms with van der Waals surface area (Å²) >= 11 is 3.39. The number of amides is 1. The summed E-state index contributed by atoms with van der Waals surface area (Å²) in [6.07, 6.45) is 0.419. The Kier molecular flexibility index (Phi) is 5.58. The first-order valence-electron chi connectivity index (χ1n) is 5.50. The van der Waals surface area contributed by atoms with E-state index in [4.69, 9.17) is 10.5 Å². The van der Waals surface area contributed by atoms with Crippen LogP contribution in [0.1, 0.15) is 5.56 Å². The van der Waals surface area contributed by atoms with E-state index < -0.39 is 6.04 Å². The highest BCUT2D eigenvalue weighted by Gasteiger charge is 2.16. The Bertz CT molecular complexity index is 424. The molecule has 0 aliphatic carbocycles. The molecule has 0 aliphatic heterocycles. The van der Waals surface area contributed by atoms with Gasteiger partial charge in [-0.3, -0.25) is 10.2 Å². The van der Waals surface area contributed by atoms with E-state index in [0.29, 0.717) is 6.42 Å². The van der Waals surface area contributed by atoms with Crippen LogP contribution in [-0.2, 0) is 11.2 Å². The van der Waals surface area contributed by atoms with E-state index in [1.807, 2.05) is 18.2 Å². The van der Waals surface area contributed by atoms with Gasteiger partial charge in [0.1, 0.15) is 5.75 Å². The van der Waals surface area contributed by atoms with Gasteiger partial charge in [0.15, 0.2) is 0 Å². The number of carbonyl (C=O) groups excluding carboxylic acids is 1. The number of benzene rings is 1. The van der Waals surface area contributed by atoms with Crippen LogP contribution >= 0.6 is 15.9 Å². The summed E-state index contributed by atoms with van der Waals surface area (Å²) in [4.78, 5) is 11.7. The van der Waals surface area contributed by atoms with E-state index in [0.717, 1.165) is 15.8 Å². The molecule has 0 spiro atoms. The first-order chi connectivity index (χ1) is 8.43. The second-order valence-corrected chi connectivity index (χ2v) is 5.05. The quantitative estimate of drug-likeness (QED) is 0.793. The standard InChI is InChI=1S/C12H18BrN3O2/c1-16(2)15-12(17)10(14)7-8-6-9(13)4-5-11(8)18-3/h4-6,10H,7,14H2,1-3H3,(H,15,17). The normalized spacial score (nSPS) is 12.3. The minimum atomic E-state index is -0.615. The van der Waals surface area contributed by atoms with E-state index in [-0.39, 0.29) is 5.91 Å². The fourth-order valence-corrected chi connectivity index (χ4v) is 1.95. The number of nitrogens with two attached hydrogens (primary N) is 1. The number of carbonyl (C=O) groups is 1. The van der Waals surface area contributed by atoms with Gasteiger partial charge in [-0.25, -0.2) is 5.01 Å². The highest BCUT2D eigenvalue weighted by atomic mass is 79.9. The summed E-state index contributed by atoms with van der Waals surface area (Å²) < 4.78 is 6.17. The van der Waals surface area contributed by atoms with Crippen LogP contribution in [0.15, 0.2) is 22.7 Å². The molecule has 5 nitrogen and oxygen atoms in total. The molecular formula is C12H18BrN3O2. The monoisotopic (exact) mass is 315 g/mol. The van der Waals surface area contributed by atoms with Crippen molar-refractivity contribution in [2.24, 2.45) is 5.73 Å². The van der Waals surface area contributed by atoms with Gasteiger partial charge in [0.2, 0.25) is 0 Å². The molecule has 1 amide bonds. The van der Waals surface area contributed by atoms with Crippen molar-refractivity contribution in [3.63, 3.8) is 0 Å². The summed E-state index contributed by atoms with van der Waals surface area (Å²) in [6.45, 7) is 0. The zero-order valence-electron chi connectivity index (χ0n) is 10.7. The molecule has 0 aliphatic rings. The van der Waals surface area contributed by atoms with Gasteiger partial charge in [-0.2, -0.15) is 0 Å². The number of nitrogens with one attached hydrogen (secondary N) is 1. The Morgan fingerprint density at radius 3 is 2.78 bits per heavy atom. The van der Waals surface area contributed by atoms with Crippen LogP contribution in [0.25, 0.3) is 0 Å². The summed E-state index contributed by atoms with van der Waals surface area (Å²) in [5, 5.41) is 1.57. The van der Waals surface area contributed by atoms with Crippen LogP contribution in [0.2, 0.25) is 0 Å². The summed E-state index contributed by atoms with van der Waals surface area (Å²) in [5.41, 5.74) is 9.39. The van der Waals surface area contributed by atoms with Gasteiger partial charge < -0.3 is 10.5 Å². The predicted molar refractivity (Wildman–Crippen MR) is 74.2 cm³/mol. The van der Waals surface area contributed by atoms with Gasteiger partial charge in [0.25, 0.3) is 5.91 Å². The first-order valence-corrected chi connectivity index (χ1v) is 6.29. The van der Waals surface area contributed by atoms with Crippen LogP contribution < -0.4 is 15.9 Å². The van der Waals surface area contributed by atoms with Crippen LogP contribution in [0.4, 0.5) is 0 Å². The van der Waals surface area contributed by atoms with Gasteiger partial charge in [-0.1, -0.05) is 15.9 Å². The minimum Gasteiger partial charge on any atom is -0.496 e. The van der Waals surface area contributed by atoms with Crippen LogP contribution in [0.5, 0.6) is 5.75 Å². The molecule has 1 atom stereocenters. The smallest absolute Gasteiger partial charge is 0.251 e. The molecular weight excluding hydrogens is 298 g/mol. The van der Waals surface area contributed by atoms with Crippen molar-refractivity contribution in [1.82, 2.24) is 10.4 Å². The molecule has 0 saturated heterocycles. The molecule has 0 aromatic heterocycles. The fraction of sp³-hybridized carbons (Fsp3) is 0.417. The van der Waals surface area contributed by atoms with Gasteiger partial charge >= 0.3 is 0 Å². The second-order valence-electron chi connectivity index (χ2n) is 4.14. The van der Waals surface area contributed by atoms with Gasteiger partial charge in [0, 0.05) is 25.0 Å². The van der Waals surface area contributed by atoms with Crippen molar-refractivity contribution >= 4 is 21.8 Å². The molecule has 0 fully saturated rings. The van der Waals surface area contributed by atoms with Crippen LogP contribution in [0.3, 0.4) is 0 Å². The third kappa shape index (κ3) is 4.29. The lowest BCUT2D eigenvalue weighted by Gasteiger charge is -2.17. The summed E-state index contributed by atoms with van der Waals surface area (Å²) in [7, 11) is 5.08. The Morgan fingerprint density at radius 1 is 1.56 bits per heavy atom. The zero-order chi connectivity index (χ0) is 13.7. The Balaban J connectivity index is 2.77. The molecule has 6 heteroatoms. The van der Waals surface area contributed by atoms with E-state index in [9.17, 15) is 4.79 Å². The lowest BCUT2D eigenvalue weighted by Crippen LogP contribution is -2.47. The van der Waals surface area contributed by atoms with Crippen molar-refractivity contribution in [2.75, 3.05) is 21.2 Å². The molecule has 1 aromatic carbocycles. The molecule has 0 heterocycles. The summed E-state index contributed by atoms with van der Waals surface area (Å²) in [6, 6.07) is 5.02. The second kappa shape index (κ2) is 6.72. The third-order valence-corrected chi connectivity index (χ3v) is 2.85. The van der Waals surface area contributed by atoms with Gasteiger partial charge in [-0.05, 0) is 23.8 Å². The van der Waals surface area contributed by atoms with Crippen molar-refractivity contribution < 1.29 is 9.53 Å². The minimum absolute atomic E-state index is 0.220. The summed E-state index contributed by atoms with van der Waals surface area (Å²) in [5.74, 6) is 0.508. The van der Waals surface area contributed by atoms with Crippen molar-refractivity contribution in [3.8, 4) is 5.75 Å². The molecule has 1 aromatic rings. The van der Waals surface area contributed by atoms with E-state index >= 15 is 0 Å².